The molecule has 0 heterocycles. The van der Waals surface area contributed by atoms with E-state index in [4.69, 9.17) is 4.74 Å². The fourth-order valence-electron chi connectivity index (χ4n) is 2.24. The van der Waals surface area contributed by atoms with E-state index in [0.717, 1.165) is 16.2 Å². The average Bonchev–Trinajstić information content (AvgIpc) is 2.54. The third-order valence-corrected chi connectivity index (χ3v) is 4.71. The van der Waals surface area contributed by atoms with Crippen LogP contribution in [0.2, 0.25) is 0 Å². The van der Waals surface area contributed by atoms with Crippen molar-refractivity contribution < 1.29 is 9.53 Å². The van der Waals surface area contributed by atoms with Crippen molar-refractivity contribution >= 4 is 17.7 Å². The molecule has 0 spiro atoms. The molecule has 0 aromatic heterocycles. The molecule has 0 saturated heterocycles. The van der Waals surface area contributed by atoms with E-state index in [0.29, 0.717) is 18.4 Å². The van der Waals surface area contributed by atoms with Crippen LogP contribution in [0.4, 0.5) is 0 Å². The number of carbonyl (C=O) groups is 1. The molecule has 128 valence electrons. The minimum atomic E-state index is -0.0533. The van der Waals surface area contributed by atoms with Gasteiger partial charge in [0, 0.05) is 10.1 Å². The maximum Gasteiger partial charge on any atom is 0.252 e. The van der Waals surface area contributed by atoms with Crippen LogP contribution in [0, 0.1) is 13.8 Å². The van der Waals surface area contributed by atoms with Crippen molar-refractivity contribution in [1.29, 1.82) is 0 Å². The van der Waals surface area contributed by atoms with Crippen LogP contribution >= 0.6 is 11.8 Å². The van der Waals surface area contributed by atoms with Gasteiger partial charge in [0.15, 0.2) is 0 Å². The highest BCUT2D eigenvalue weighted by atomic mass is 32.2. The Morgan fingerprint density at radius 2 is 1.88 bits per heavy atom. The molecule has 0 atom stereocenters. The summed E-state index contributed by atoms with van der Waals surface area (Å²) in [5, 5.41) is 3.37. The molecule has 0 aliphatic heterocycles. The van der Waals surface area contributed by atoms with Gasteiger partial charge in [0.2, 0.25) is 0 Å². The molecule has 2 rings (SSSR count). The first-order valence-corrected chi connectivity index (χ1v) is 9.09. The molecular formula is C20H25NO2S. The molecular weight excluding hydrogens is 318 g/mol. The lowest BCUT2D eigenvalue weighted by Gasteiger charge is -2.12. The number of rotatable bonds is 7. The van der Waals surface area contributed by atoms with Crippen molar-refractivity contribution in [2.24, 2.45) is 0 Å². The van der Waals surface area contributed by atoms with Gasteiger partial charge in [-0.1, -0.05) is 32.0 Å². The van der Waals surface area contributed by atoms with E-state index in [1.165, 1.54) is 11.1 Å². The third-order valence-electron chi connectivity index (χ3n) is 3.63. The molecule has 2 aromatic rings. The molecule has 0 fully saturated rings. The number of hydrogen-bond acceptors (Lipinski definition) is 3. The van der Waals surface area contributed by atoms with Gasteiger partial charge in [0.05, 0.1) is 12.1 Å². The van der Waals surface area contributed by atoms with Crippen molar-refractivity contribution in [1.82, 2.24) is 5.32 Å². The summed E-state index contributed by atoms with van der Waals surface area (Å²) in [5.41, 5.74) is 3.17. The molecule has 2 aromatic carbocycles. The molecule has 4 heteroatoms. The van der Waals surface area contributed by atoms with E-state index in [1.54, 1.807) is 11.8 Å². The van der Waals surface area contributed by atoms with Crippen LogP contribution in [0.15, 0.2) is 47.4 Å². The number of benzene rings is 2. The Kier molecular flexibility index (Phi) is 6.73. The quantitative estimate of drug-likeness (QED) is 0.589. The Balaban J connectivity index is 1.86. The summed E-state index contributed by atoms with van der Waals surface area (Å²) in [6.07, 6.45) is 0. The van der Waals surface area contributed by atoms with Gasteiger partial charge in [-0.2, -0.15) is 0 Å². The van der Waals surface area contributed by atoms with Crippen molar-refractivity contribution in [3.63, 3.8) is 0 Å². The van der Waals surface area contributed by atoms with Crippen LogP contribution < -0.4 is 10.1 Å². The standard InChI is InChI=1S/C20H25NO2S/c1-14(2)24-19-8-6-5-7-18(19)20(22)21-11-12-23-17-10-9-15(3)16(4)13-17/h5-10,13-14H,11-12H2,1-4H3,(H,21,22). The van der Waals surface area contributed by atoms with Crippen LogP contribution in [0.1, 0.15) is 35.3 Å². The second-order valence-electron chi connectivity index (χ2n) is 6.01. The summed E-state index contributed by atoms with van der Waals surface area (Å²) in [4.78, 5) is 13.4. The number of carbonyl (C=O) groups excluding carboxylic acids is 1. The first-order chi connectivity index (χ1) is 11.5. The highest BCUT2D eigenvalue weighted by molar-refractivity contribution is 8.00. The zero-order chi connectivity index (χ0) is 17.5. The molecule has 3 nitrogen and oxygen atoms in total. The summed E-state index contributed by atoms with van der Waals surface area (Å²) >= 11 is 1.70. The number of amides is 1. The Morgan fingerprint density at radius 3 is 2.58 bits per heavy atom. The van der Waals surface area contributed by atoms with E-state index in [-0.39, 0.29) is 5.91 Å². The number of aryl methyl sites for hydroxylation is 2. The smallest absolute Gasteiger partial charge is 0.252 e. The Hall–Kier alpha value is -1.94. The summed E-state index contributed by atoms with van der Waals surface area (Å²) in [5.74, 6) is 0.783. The number of nitrogens with one attached hydrogen (secondary N) is 1. The molecule has 24 heavy (non-hydrogen) atoms. The zero-order valence-electron chi connectivity index (χ0n) is 14.8. The number of hydrogen-bond donors (Lipinski definition) is 1. The van der Waals surface area contributed by atoms with Gasteiger partial charge < -0.3 is 10.1 Å². The van der Waals surface area contributed by atoms with E-state index in [2.05, 4.69) is 33.0 Å². The third kappa shape index (κ3) is 5.31. The summed E-state index contributed by atoms with van der Waals surface area (Å²) in [6, 6.07) is 13.7. The monoisotopic (exact) mass is 343 g/mol. The number of ether oxygens (including phenoxy) is 1. The average molecular weight is 343 g/mol. The molecule has 0 saturated carbocycles. The largest absolute Gasteiger partial charge is 0.492 e. The number of thioether (sulfide) groups is 1. The predicted octanol–water partition coefficient (Wildman–Crippen LogP) is 4.61. The van der Waals surface area contributed by atoms with Gasteiger partial charge in [-0.05, 0) is 49.2 Å². The van der Waals surface area contributed by atoms with Gasteiger partial charge in [-0.3, -0.25) is 4.79 Å². The van der Waals surface area contributed by atoms with Gasteiger partial charge in [-0.25, -0.2) is 0 Å². The Morgan fingerprint density at radius 1 is 1.12 bits per heavy atom. The molecule has 0 radical (unpaired) electrons. The molecule has 0 aliphatic rings. The maximum atomic E-state index is 12.4. The molecule has 0 unspecified atom stereocenters. The molecule has 1 amide bonds. The van der Waals surface area contributed by atoms with Gasteiger partial charge >= 0.3 is 0 Å². The van der Waals surface area contributed by atoms with Crippen molar-refractivity contribution in [3.8, 4) is 5.75 Å². The normalized spacial score (nSPS) is 10.7. The molecule has 0 bridgehead atoms. The predicted molar refractivity (Wildman–Crippen MR) is 101 cm³/mol. The Bertz CT molecular complexity index is 698. The van der Waals surface area contributed by atoms with Crippen LogP contribution in [0.5, 0.6) is 5.75 Å². The summed E-state index contributed by atoms with van der Waals surface area (Å²) < 4.78 is 5.70. The van der Waals surface area contributed by atoms with Crippen molar-refractivity contribution in [2.75, 3.05) is 13.2 Å². The van der Waals surface area contributed by atoms with E-state index < -0.39 is 0 Å². The zero-order valence-corrected chi connectivity index (χ0v) is 15.6. The van der Waals surface area contributed by atoms with E-state index >= 15 is 0 Å². The first kappa shape index (κ1) is 18.4. The topological polar surface area (TPSA) is 38.3 Å². The van der Waals surface area contributed by atoms with Crippen LogP contribution in [0.25, 0.3) is 0 Å². The lowest BCUT2D eigenvalue weighted by atomic mass is 10.1. The van der Waals surface area contributed by atoms with Crippen LogP contribution in [-0.2, 0) is 0 Å². The minimum Gasteiger partial charge on any atom is -0.492 e. The van der Waals surface area contributed by atoms with Gasteiger partial charge in [0.1, 0.15) is 12.4 Å². The van der Waals surface area contributed by atoms with Crippen LogP contribution in [-0.4, -0.2) is 24.3 Å². The lowest BCUT2D eigenvalue weighted by molar-refractivity contribution is 0.0944. The summed E-state index contributed by atoms with van der Waals surface area (Å²) in [7, 11) is 0. The molecule has 1 N–H and O–H groups in total. The minimum absolute atomic E-state index is 0.0533. The summed E-state index contributed by atoms with van der Waals surface area (Å²) in [6.45, 7) is 9.31. The highest BCUT2D eigenvalue weighted by Gasteiger charge is 2.11. The van der Waals surface area contributed by atoms with Crippen molar-refractivity contribution in [2.45, 2.75) is 37.8 Å². The van der Waals surface area contributed by atoms with E-state index in [9.17, 15) is 4.79 Å². The van der Waals surface area contributed by atoms with E-state index in [1.807, 2.05) is 42.5 Å². The molecule has 0 aliphatic carbocycles. The lowest BCUT2D eigenvalue weighted by Crippen LogP contribution is -2.28. The second kappa shape index (κ2) is 8.78. The fraction of sp³-hybridized carbons (Fsp3) is 0.350. The first-order valence-electron chi connectivity index (χ1n) is 8.21. The Labute approximate surface area is 148 Å². The fourth-order valence-corrected chi connectivity index (χ4v) is 3.20. The van der Waals surface area contributed by atoms with Crippen molar-refractivity contribution in [3.05, 3.63) is 59.2 Å². The maximum absolute atomic E-state index is 12.4. The van der Waals surface area contributed by atoms with Crippen LogP contribution in [0.3, 0.4) is 0 Å². The second-order valence-corrected chi connectivity index (χ2v) is 7.63. The highest BCUT2D eigenvalue weighted by Crippen LogP contribution is 2.26. The van der Waals surface area contributed by atoms with Gasteiger partial charge in [0.25, 0.3) is 5.91 Å². The SMILES string of the molecule is Cc1ccc(OCCNC(=O)c2ccccc2SC(C)C)cc1C. The van der Waals surface area contributed by atoms with Gasteiger partial charge in [-0.15, -0.1) is 11.8 Å².